The molecule has 1 amide bonds. The van der Waals surface area contributed by atoms with Gasteiger partial charge in [0.1, 0.15) is 0 Å². The number of likely N-dealkylation sites (tertiary alicyclic amines) is 1. The highest BCUT2D eigenvalue weighted by Gasteiger charge is 2.19. The van der Waals surface area contributed by atoms with Crippen LogP contribution in [0.4, 0.5) is 0 Å². The zero-order valence-corrected chi connectivity index (χ0v) is 15.3. The van der Waals surface area contributed by atoms with Gasteiger partial charge in [0.15, 0.2) is 5.78 Å². The second-order valence-electron chi connectivity index (χ2n) is 6.96. The Bertz CT molecular complexity index is 732. The van der Waals surface area contributed by atoms with Gasteiger partial charge in [-0.2, -0.15) is 0 Å². The predicted octanol–water partition coefficient (Wildman–Crippen LogP) is 3.06. The highest BCUT2D eigenvalue weighted by Crippen LogP contribution is 2.14. The summed E-state index contributed by atoms with van der Waals surface area (Å²) in [6.45, 7) is 4.64. The first kappa shape index (κ1) is 18.3. The number of piperidine rings is 1. The van der Waals surface area contributed by atoms with E-state index in [9.17, 15) is 9.59 Å². The maximum Gasteiger partial charge on any atom is 0.217 e. The van der Waals surface area contributed by atoms with E-state index in [4.69, 9.17) is 0 Å². The first-order chi connectivity index (χ1) is 12.6. The molecule has 1 saturated heterocycles. The van der Waals surface area contributed by atoms with E-state index in [1.165, 1.54) is 5.56 Å². The molecule has 1 aliphatic rings. The second kappa shape index (κ2) is 8.77. The lowest BCUT2D eigenvalue weighted by Gasteiger charge is -2.32. The van der Waals surface area contributed by atoms with E-state index >= 15 is 0 Å². The minimum absolute atomic E-state index is 0.0635. The number of carbonyl (C=O) groups excluding carboxylic acids is 2. The third-order valence-electron chi connectivity index (χ3n) is 4.96. The van der Waals surface area contributed by atoms with Crippen LogP contribution in [0.25, 0.3) is 0 Å². The number of nitrogens with zero attached hydrogens (tertiary/aromatic N) is 1. The van der Waals surface area contributed by atoms with E-state index in [1.807, 2.05) is 42.5 Å². The third kappa shape index (κ3) is 5.02. The Morgan fingerprint density at radius 2 is 1.58 bits per heavy atom. The van der Waals surface area contributed by atoms with Gasteiger partial charge in [-0.1, -0.05) is 54.6 Å². The van der Waals surface area contributed by atoms with Gasteiger partial charge in [0, 0.05) is 43.7 Å². The molecule has 2 aromatic carbocycles. The number of hydrogen-bond acceptors (Lipinski definition) is 3. The Labute approximate surface area is 155 Å². The Hall–Kier alpha value is -2.46. The fourth-order valence-electron chi connectivity index (χ4n) is 3.45. The van der Waals surface area contributed by atoms with Gasteiger partial charge in [-0.25, -0.2) is 0 Å². The van der Waals surface area contributed by atoms with Crippen LogP contribution in [0.15, 0.2) is 54.6 Å². The zero-order valence-electron chi connectivity index (χ0n) is 15.3. The second-order valence-corrected chi connectivity index (χ2v) is 6.96. The Balaban J connectivity index is 1.48. The quantitative estimate of drug-likeness (QED) is 0.815. The molecule has 26 heavy (non-hydrogen) atoms. The van der Waals surface area contributed by atoms with Crippen molar-refractivity contribution in [2.24, 2.45) is 0 Å². The monoisotopic (exact) mass is 350 g/mol. The van der Waals surface area contributed by atoms with Crippen LogP contribution in [-0.2, 0) is 11.2 Å². The summed E-state index contributed by atoms with van der Waals surface area (Å²) in [7, 11) is 0. The molecule has 0 saturated carbocycles. The maximum atomic E-state index is 12.4. The lowest BCUT2D eigenvalue weighted by atomic mass is 10.0. The lowest BCUT2D eigenvalue weighted by molar-refractivity contribution is -0.119. The number of benzene rings is 2. The average Bonchev–Trinajstić information content (AvgIpc) is 2.67. The molecule has 3 rings (SSSR count). The Kier molecular flexibility index (Phi) is 6.18. The average molecular weight is 350 g/mol. The van der Waals surface area contributed by atoms with Gasteiger partial charge in [-0.15, -0.1) is 0 Å². The zero-order chi connectivity index (χ0) is 18.4. The van der Waals surface area contributed by atoms with Crippen molar-refractivity contribution in [3.8, 4) is 0 Å². The van der Waals surface area contributed by atoms with Gasteiger partial charge in [0.2, 0.25) is 5.91 Å². The van der Waals surface area contributed by atoms with E-state index < -0.39 is 0 Å². The third-order valence-corrected chi connectivity index (χ3v) is 4.96. The molecule has 0 radical (unpaired) electrons. The molecule has 0 atom stereocenters. The summed E-state index contributed by atoms with van der Waals surface area (Å²) in [6, 6.07) is 17.7. The van der Waals surface area contributed by atoms with Crippen molar-refractivity contribution in [1.29, 1.82) is 0 Å². The van der Waals surface area contributed by atoms with Crippen LogP contribution in [-0.4, -0.2) is 42.3 Å². The summed E-state index contributed by atoms with van der Waals surface area (Å²) < 4.78 is 0. The van der Waals surface area contributed by atoms with Crippen molar-refractivity contribution < 1.29 is 9.59 Å². The molecule has 0 aromatic heterocycles. The molecule has 2 aromatic rings. The number of nitrogens with one attached hydrogen (secondary N) is 1. The SMILES string of the molecule is CC(=O)NC1CCN(CCc2ccc(C(=O)c3ccccc3)cc2)CC1. The fraction of sp³-hybridized carbons (Fsp3) is 0.364. The first-order valence-electron chi connectivity index (χ1n) is 9.30. The van der Waals surface area contributed by atoms with E-state index in [2.05, 4.69) is 22.3 Å². The highest BCUT2D eigenvalue weighted by molar-refractivity contribution is 6.08. The number of ketones is 1. The Morgan fingerprint density at radius 1 is 0.962 bits per heavy atom. The van der Waals surface area contributed by atoms with Crippen molar-refractivity contribution in [2.75, 3.05) is 19.6 Å². The number of rotatable bonds is 6. The van der Waals surface area contributed by atoms with Crippen molar-refractivity contribution in [1.82, 2.24) is 10.2 Å². The largest absolute Gasteiger partial charge is 0.354 e. The van der Waals surface area contributed by atoms with E-state index in [0.29, 0.717) is 6.04 Å². The molecule has 1 heterocycles. The highest BCUT2D eigenvalue weighted by atomic mass is 16.1. The van der Waals surface area contributed by atoms with Gasteiger partial charge in [-0.05, 0) is 24.8 Å². The molecular weight excluding hydrogens is 324 g/mol. The summed E-state index contributed by atoms with van der Waals surface area (Å²) >= 11 is 0. The number of carbonyl (C=O) groups is 2. The predicted molar refractivity (Wildman–Crippen MR) is 103 cm³/mol. The molecular formula is C22H26N2O2. The summed E-state index contributed by atoms with van der Waals surface area (Å²) in [5, 5.41) is 3.01. The van der Waals surface area contributed by atoms with Gasteiger partial charge >= 0.3 is 0 Å². The van der Waals surface area contributed by atoms with Crippen LogP contribution in [0.2, 0.25) is 0 Å². The van der Waals surface area contributed by atoms with Gasteiger partial charge in [-0.3, -0.25) is 9.59 Å². The summed E-state index contributed by atoms with van der Waals surface area (Å²) in [6.07, 6.45) is 3.01. The summed E-state index contributed by atoms with van der Waals surface area (Å²) in [5.41, 5.74) is 2.71. The molecule has 136 valence electrons. The summed E-state index contributed by atoms with van der Waals surface area (Å²) in [4.78, 5) is 26.0. The van der Waals surface area contributed by atoms with Crippen LogP contribution < -0.4 is 5.32 Å². The summed E-state index contributed by atoms with van der Waals surface area (Å²) in [5.74, 6) is 0.130. The lowest BCUT2D eigenvalue weighted by Crippen LogP contribution is -2.44. The first-order valence-corrected chi connectivity index (χ1v) is 9.30. The minimum Gasteiger partial charge on any atom is -0.354 e. The van der Waals surface area contributed by atoms with Crippen LogP contribution in [0, 0.1) is 0 Å². The van der Waals surface area contributed by atoms with Gasteiger partial charge in [0.25, 0.3) is 0 Å². The van der Waals surface area contributed by atoms with Crippen molar-refractivity contribution in [2.45, 2.75) is 32.2 Å². The van der Waals surface area contributed by atoms with Crippen LogP contribution in [0.5, 0.6) is 0 Å². The molecule has 0 spiro atoms. The minimum atomic E-state index is 0.0635. The molecule has 0 unspecified atom stereocenters. The molecule has 1 N–H and O–H groups in total. The molecule has 4 nitrogen and oxygen atoms in total. The van der Waals surface area contributed by atoms with Crippen molar-refractivity contribution in [3.63, 3.8) is 0 Å². The maximum absolute atomic E-state index is 12.4. The molecule has 0 aliphatic carbocycles. The Morgan fingerprint density at radius 3 is 2.19 bits per heavy atom. The fourth-order valence-corrected chi connectivity index (χ4v) is 3.45. The van der Waals surface area contributed by atoms with Crippen LogP contribution in [0.3, 0.4) is 0 Å². The molecule has 1 fully saturated rings. The van der Waals surface area contributed by atoms with Crippen LogP contribution in [0.1, 0.15) is 41.3 Å². The van der Waals surface area contributed by atoms with E-state index in [0.717, 1.165) is 50.0 Å². The number of hydrogen-bond donors (Lipinski definition) is 1. The normalized spacial score (nSPS) is 15.6. The van der Waals surface area contributed by atoms with Crippen LogP contribution >= 0.6 is 0 Å². The van der Waals surface area contributed by atoms with Gasteiger partial charge < -0.3 is 10.2 Å². The van der Waals surface area contributed by atoms with Crippen molar-refractivity contribution in [3.05, 3.63) is 71.3 Å². The standard InChI is InChI=1S/C22H26N2O2/c1-17(25)23-21-12-15-24(16-13-21)14-11-18-7-9-20(10-8-18)22(26)19-5-3-2-4-6-19/h2-10,21H,11-16H2,1H3,(H,23,25). The van der Waals surface area contributed by atoms with Crippen molar-refractivity contribution >= 4 is 11.7 Å². The van der Waals surface area contributed by atoms with Gasteiger partial charge in [0.05, 0.1) is 0 Å². The number of amides is 1. The van der Waals surface area contributed by atoms with E-state index in [-0.39, 0.29) is 11.7 Å². The smallest absolute Gasteiger partial charge is 0.217 e. The topological polar surface area (TPSA) is 49.4 Å². The molecule has 0 bridgehead atoms. The molecule has 1 aliphatic heterocycles. The molecule has 4 heteroatoms. The van der Waals surface area contributed by atoms with E-state index in [1.54, 1.807) is 6.92 Å².